The molecule has 0 aliphatic rings. The maximum absolute atomic E-state index is 10.2. The van der Waals surface area contributed by atoms with Crippen molar-refractivity contribution < 1.29 is 20.1 Å². The highest BCUT2D eigenvalue weighted by Crippen LogP contribution is 2.13. The van der Waals surface area contributed by atoms with Crippen molar-refractivity contribution in [1.29, 1.82) is 0 Å². The second kappa shape index (κ2) is 18.2. The number of carboxylic acids is 1. The fourth-order valence-electron chi connectivity index (χ4n) is 2.53. The number of carbonyl (C=O) groups is 1. The number of allylic oxidation sites excluding steroid dienone is 7. The molecule has 4 nitrogen and oxygen atoms in total. The minimum Gasteiger partial charge on any atom is -0.478 e. The first-order valence-corrected chi connectivity index (χ1v) is 9.83. The first-order valence-electron chi connectivity index (χ1n) is 9.83. The van der Waals surface area contributed by atoms with Crippen LogP contribution in [0.15, 0.2) is 48.6 Å². The van der Waals surface area contributed by atoms with Gasteiger partial charge in [-0.25, -0.2) is 4.79 Å². The predicted octanol–water partition coefficient (Wildman–Crippen LogP) is 4.94. The summed E-state index contributed by atoms with van der Waals surface area (Å²) >= 11 is 0. The molecule has 0 rings (SSSR count). The Balaban J connectivity index is 3.56. The van der Waals surface area contributed by atoms with Gasteiger partial charge in [0.2, 0.25) is 0 Å². The monoisotopic (exact) mass is 364 g/mol. The lowest BCUT2D eigenvalue weighted by atomic mass is 10.0. The van der Waals surface area contributed by atoms with Gasteiger partial charge in [-0.3, -0.25) is 0 Å². The minimum atomic E-state index is -0.948. The fourth-order valence-corrected chi connectivity index (χ4v) is 2.53. The smallest absolute Gasteiger partial charge is 0.328 e. The zero-order chi connectivity index (χ0) is 19.5. The Hall–Kier alpha value is -1.65. The quantitative estimate of drug-likeness (QED) is 0.206. The zero-order valence-corrected chi connectivity index (χ0v) is 16.1. The van der Waals surface area contributed by atoms with E-state index in [1.807, 2.05) is 18.2 Å². The first-order chi connectivity index (χ1) is 12.6. The van der Waals surface area contributed by atoms with E-state index < -0.39 is 18.2 Å². The molecule has 0 aromatic heterocycles. The third-order valence-electron chi connectivity index (χ3n) is 4.10. The van der Waals surface area contributed by atoms with Crippen molar-refractivity contribution in [1.82, 2.24) is 0 Å². The summed E-state index contributed by atoms with van der Waals surface area (Å²) in [5, 5.41) is 28.2. The van der Waals surface area contributed by atoms with Gasteiger partial charge in [0.15, 0.2) is 0 Å². The first kappa shape index (κ1) is 24.4. The highest BCUT2D eigenvalue weighted by Gasteiger charge is 2.14. The van der Waals surface area contributed by atoms with Crippen molar-refractivity contribution in [2.45, 2.75) is 83.3 Å². The van der Waals surface area contributed by atoms with Crippen LogP contribution in [0.5, 0.6) is 0 Å². The number of hydrogen-bond donors (Lipinski definition) is 3. The predicted molar refractivity (Wildman–Crippen MR) is 108 cm³/mol. The van der Waals surface area contributed by atoms with Gasteiger partial charge in [0.05, 0.1) is 12.2 Å². The van der Waals surface area contributed by atoms with Gasteiger partial charge in [0.25, 0.3) is 0 Å². The van der Waals surface area contributed by atoms with Crippen LogP contribution in [0.2, 0.25) is 0 Å². The summed E-state index contributed by atoms with van der Waals surface area (Å²) in [6, 6.07) is 0. The molecule has 2 atom stereocenters. The molecule has 148 valence electrons. The SMILES string of the molecule is CCCCCC(O)C(O)CCCCCCC=CC=CC=CC=CC(=O)O. The number of aliphatic hydroxyl groups excluding tert-OH is 2. The topological polar surface area (TPSA) is 77.8 Å². The van der Waals surface area contributed by atoms with Crippen LogP contribution < -0.4 is 0 Å². The molecule has 0 saturated carbocycles. The molecule has 4 heteroatoms. The normalized spacial score (nSPS) is 14.9. The molecule has 3 N–H and O–H groups in total. The number of rotatable bonds is 16. The van der Waals surface area contributed by atoms with Crippen molar-refractivity contribution in [2.75, 3.05) is 0 Å². The summed E-state index contributed by atoms with van der Waals surface area (Å²) in [6.07, 6.45) is 22.7. The highest BCUT2D eigenvalue weighted by atomic mass is 16.4. The maximum atomic E-state index is 10.2. The molecule has 0 aromatic rings. The zero-order valence-electron chi connectivity index (χ0n) is 16.1. The van der Waals surface area contributed by atoms with Crippen LogP contribution in [0.1, 0.15) is 71.1 Å². The van der Waals surface area contributed by atoms with E-state index >= 15 is 0 Å². The van der Waals surface area contributed by atoms with E-state index in [4.69, 9.17) is 5.11 Å². The van der Waals surface area contributed by atoms with Crippen molar-refractivity contribution in [2.24, 2.45) is 0 Å². The lowest BCUT2D eigenvalue weighted by Gasteiger charge is -2.17. The molecule has 2 unspecified atom stereocenters. The maximum Gasteiger partial charge on any atom is 0.328 e. The van der Waals surface area contributed by atoms with Crippen LogP contribution >= 0.6 is 0 Å². The van der Waals surface area contributed by atoms with E-state index in [-0.39, 0.29) is 0 Å². The van der Waals surface area contributed by atoms with Gasteiger partial charge in [-0.1, -0.05) is 88.0 Å². The molecule has 0 fully saturated rings. The molecular weight excluding hydrogens is 328 g/mol. The summed E-state index contributed by atoms with van der Waals surface area (Å²) in [5.74, 6) is -0.948. The van der Waals surface area contributed by atoms with E-state index in [0.29, 0.717) is 12.8 Å². The van der Waals surface area contributed by atoms with E-state index in [1.54, 1.807) is 12.2 Å². The largest absolute Gasteiger partial charge is 0.478 e. The van der Waals surface area contributed by atoms with Gasteiger partial charge in [-0.2, -0.15) is 0 Å². The summed E-state index contributed by atoms with van der Waals surface area (Å²) in [6.45, 7) is 2.13. The Labute approximate surface area is 158 Å². The van der Waals surface area contributed by atoms with Crippen LogP contribution in [0.3, 0.4) is 0 Å². The summed E-state index contributed by atoms with van der Waals surface area (Å²) < 4.78 is 0. The van der Waals surface area contributed by atoms with Crippen molar-refractivity contribution in [3.8, 4) is 0 Å². The lowest BCUT2D eigenvalue weighted by molar-refractivity contribution is -0.131. The number of hydrogen-bond acceptors (Lipinski definition) is 3. The number of carboxylic acid groups (broad SMARTS) is 1. The van der Waals surface area contributed by atoms with Crippen molar-refractivity contribution >= 4 is 5.97 Å². The second-order valence-electron chi connectivity index (χ2n) is 6.52. The molecule has 26 heavy (non-hydrogen) atoms. The standard InChI is InChI=1S/C22H36O4/c1-2-3-14-17-20(23)21(24)18-15-12-10-8-6-4-5-7-9-11-13-16-19-22(25)26/h4-5,7,9,11,13,16,19-21,23-24H,2-3,6,8,10,12,14-15,17-18H2,1H3,(H,25,26). The van der Waals surface area contributed by atoms with Gasteiger partial charge >= 0.3 is 5.97 Å². The van der Waals surface area contributed by atoms with E-state index in [9.17, 15) is 15.0 Å². The average Bonchev–Trinajstić information content (AvgIpc) is 2.61. The molecule has 0 aliphatic heterocycles. The molecule has 0 radical (unpaired) electrons. The van der Waals surface area contributed by atoms with Gasteiger partial charge in [-0.15, -0.1) is 0 Å². The average molecular weight is 365 g/mol. The van der Waals surface area contributed by atoms with E-state index in [0.717, 1.165) is 57.4 Å². The van der Waals surface area contributed by atoms with Crippen LogP contribution in [0.25, 0.3) is 0 Å². The molecule has 0 heterocycles. The highest BCUT2D eigenvalue weighted by molar-refractivity contribution is 5.80. The Bertz CT molecular complexity index is 449. The molecule has 0 bridgehead atoms. The molecular formula is C22H36O4. The van der Waals surface area contributed by atoms with E-state index in [1.165, 1.54) is 6.08 Å². The van der Waals surface area contributed by atoms with E-state index in [2.05, 4.69) is 13.0 Å². The van der Waals surface area contributed by atoms with Crippen LogP contribution in [-0.4, -0.2) is 33.5 Å². The minimum absolute atomic E-state index is 0.565. The van der Waals surface area contributed by atoms with Gasteiger partial charge < -0.3 is 15.3 Å². The third-order valence-corrected chi connectivity index (χ3v) is 4.10. The molecule has 0 aromatic carbocycles. The lowest BCUT2D eigenvalue weighted by Crippen LogP contribution is -2.25. The molecule has 0 saturated heterocycles. The van der Waals surface area contributed by atoms with Gasteiger partial charge in [-0.05, 0) is 25.7 Å². The van der Waals surface area contributed by atoms with Crippen molar-refractivity contribution in [3.05, 3.63) is 48.6 Å². The van der Waals surface area contributed by atoms with Crippen LogP contribution in [0.4, 0.5) is 0 Å². The van der Waals surface area contributed by atoms with Gasteiger partial charge in [0.1, 0.15) is 0 Å². The second-order valence-corrected chi connectivity index (χ2v) is 6.52. The summed E-state index contributed by atoms with van der Waals surface area (Å²) in [7, 11) is 0. The number of unbranched alkanes of at least 4 members (excludes halogenated alkanes) is 6. The number of aliphatic hydroxyl groups is 2. The summed E-state index contributed by atoms with van der Waals surface area (Å²) in [5.41, 5.74) is 0. The molecule has 0 aliphatic carbocycles. The van der Waals surface area contributed by atoms with Crippen LogP contribution in [0, 0.1) is 0 Å². The summed E-state index contributed by atoms with van der Waals surface area (Å²) in [4.78, 5) is 10.2. The molecule has 0 amide bonds. The number of aliphatic carboxylic acids is 1. The van der Waals surface area contributed by atoms with Crippen molar-refractivity contribution in [3.63, 3.8) is 0 Å². The van der Waals surface area contributed by atoms with Gasteiger partial charge in [0, 0.05) is 6.08 Å². The fraction of sp³-hybridized carbons (Fsp3) is 0.591. The Morgan fingerprint density at radius 1 is 0.769 bits per heavy atom. The third kappa shape index (κ3) is 17.2. The Morgan fingerprint density at radius 3 is 1.92 bits per heavy atom. The Kier molecular flexibility index (Phi) is 17.0. The molecule has 0 spiro atoms. The Morgan fingerprint density at radius 2 is 1.31 bits per heavy atom. The van der Waals surface area contributed by atoms with Crippen LogP contribution in [-0.2, 0) is 4.79 Å².